The summed E-state index contributed by atoms with van der Waals surface area (Å²) in [6, 6.07) is 5.72. The molecule has 1 unspecified atom stereocenters. The molecule has 3 aromatic rings. The molecule has 0 aliphatic carbocycles. The smallest absolute Gasteiger partial charge is 0.253 e. The van der Waals surface area contributed by atoms with Crippen molar-refractivity contribution in [2.24, 2.45) is 0 Å². The number of fused-ring (bicyclic) bond motifs is 1. The van der Waals surface area contributed by atoms with Gasteiger partial charge in [0.05, 0.1) is 19.3 Å². The molecule has 2 N–H and O–H groups in total. The van der Waals surface area contributed by atoms with Crippen molar-refractivity contribution in [2.45, 2.75) is 32.4 Å². The fraction of sp³-hybridized carbons (Fsp3) is 0.389. The summed E-state index contributed by atoms with van der Waals surface area (Å²) in [6.45, 7) is 5.25. The molecular weight excluding hydrogens is 318 g/mol. The average Bonchev–Trinajstić information content (AvgIpc) is 3.29. The van der Waals surface area contributed by atoms with E-state index in [1.54, 1.807) is 22.0 Å². The molecule has 2 aromatic heterocycles. The van der Waals surface area contributed by atoms with Crippen molar-refractivity contribution in [1.29, 1.82) is 0 Å². The van der Waals surface area contributed by atoms with Crippen LogP contribution >= 0.6 is 0 Å². The fourth-order valence-electron chi connectivity index (χ4n) is 3.55. The summed E-state index contributed by atoms with van der Waals surface area (Å²) in [5, 5.41) is 19.5. The van der Waals surface area contributed by atoms with E-state index in [1.807, 2.05) is 25.1 Å². The number of rotatable bonds is 3. The number of aryl methyl sites for hydroxylation is 2. The van der Waals surface area contributed by atoms with Gasteiger partial charge in [-0.2, -0.15) is 0 Å². The second-order valence-electron chi connectivity index (χ2n) is 6.94. The molecule has 4 rings (SSSR count). The molecular formula is C18H21N5O2. The number of benzene rings is 1. The van der Waals surface area contributed by atoms with Crippen LogP contribution in [-0.2, 0) is 6.54 Å². The number of amides is 1. The van der Waals surface area contributed by atoms with Crippen LogP contribution in [0.25, 0.3) is 10.9 Å². The maximum Gasteiger partial charge on any atom is 0.253 e. The highest BCUT2D eigenvalue weighted by Crippen LogP contribution is 2.27. The zero-order valence-electron chi connectivity index (χ0n) is 14.4. The van der Waals surface area contributed by atoms with E-state index in [4.69, 9.17) is 0 Å². The minimum absolute atomic E-state index is 0.0466. The van der Waals surface area contributed by atoms with Gasteiger partial charge >= 0.3 is 0 Å². The number of aromatic nitrogens is 4. The molecule has 1 aliphatic heterocycles. The van der Waals surface area contributed by atoms with Gasteiger partial charge in [-0.15, -0.1) is 5.10 Å². The first-order valence-electron chi connectivity index (χ1n) is 8.40. The Hall–Kier alpha value is -2.67. The van der Waals surface area contributed by atoms with Crippen LogP contribution in [0.15, 0.2) is 30.6 Å². The maximum atomic E-state index is 12.9. The van der Waals surface area contributed by atoms with Crippen molar-refractivity contribution >= 4 is 16.8 Å². The van der Waals surface area contributed by atoms with Gasteiger partial charge in [-0.25, -0.2) is 4.68 Å². The summed E-state index contributed by atoms with van der Waals surface area (Å²) in [7, 11) is 0. The monoisotopic (exact) mass is 339 g/mol. The van der Waals surface area contributed by atoms with Crippen LogP contribution < -0.4 is 0 Å². The molecule has 0 bridgehead atoms. The highest BCUT2D eigenvalue weighted by molar-refractivity contribution is 5.99. The summed E-state index contributed by atoms with van der Waals surface area (Å²) >= 11 is 0. The highest BCUT2D eigenvalue weighted by atomic mass is 16.3. The van der Waals surface area contributed by atoms with Gasteiger partial charge in [-0.1, -0.05) is 5.21 Å². The number of carbonyl (C=O) groups is 1. The Balaban J connectivity index is 1.54. The van der Waals surface area contributed by atoms with E-state index >= 15 is 0 Å². The van der Waals surface area contributed by atoms with Gasteiger partial charge in [0, 0.05) is 34.9 Å². The minimum Gasteiger partial charge on any atom is -0.386 e. The van der Waals surface area contributed by atoms with Crippen LogP contribution in [0.2, 0.25) is 0 Å². The Labute approximate surface area is 145 Å². The van der Waals surface area contributed by atoms with E-state index in [-0.39, 0.29) is 5.91 Å². The molecule has 1 saturated heterocycles. The molecule has 130 valence electrons. The number of aliphatic hydroxyl groups is 1. The molecule has 1 atom stereocenters. The standard InChI is InChI=1S/C18H21N5O2/c1-12-13(2)20-16-4-3-14(9-15(12)16)17(24)22-7-5-18(25,10-22)11-23-8-6-19-21-23/h3-4,6,8-9,20,25H,5,7,10-11H2,1-2H3. The van der Waals surface area contributed by atoms with Crippen molar-refractivity contribution in [3.63, 3.8) is 0 Å². The van der Waals surface area contributed by atoms with E-state index in [0.717, 1.165) is 22.2 Å². The number of β-amino-alcohol motifs (C(OH)–C–C–N with tert-alkyl or cyclic N) is 1. The van der Waals surface area contributed by atoms with Crippen molar-refractivity contribution in [3.8, 4) is 0 Å². The minimum atomic E-state index is -0.964. The predicted octanol–water partition coefficient (Wildman–Crippen LogP) is 1.65. The van der Waals surface area contributed by atoms with Crippen molar-refractivity contribution in [3.05, 3.63) is 47.4 Å². The van der Waals surface area contributed by atoms with Crippen LogP contribution in [0.3, 0.4) is 0 Å². The predicted molar refractivity (Wildman–Crippen MR) is 93.3 cm³/mol. The summed E-state index contributed by atoms with van der Waals surface area (Å²) in [4.78, 5) is 17.9. The first kappa shape index (κ1) is 15.8. The third-order valence-electron chi connectivity index (χ3n) is 5.10. The van der Waals surface area contributed by atoms with Gasteiger partial charge in [-0.3, -0.25) is 4.79 Å². The van der Waals surface area contributed by atoms with Crippen LogP contribution in [0.4, 0.5) is 0 Å². The van der Waals surface area contributed by atoms with E-state index in [1.165, 1.54) is 0 Å². The van der Waals surface area contributed by atoms with Crippen LogP contribution in [0.5, 0.6) is 0 Å². The number of carbonyl (C=O) groups excluding carboxylic acids is 1. The fourth-order valence-corrected chi connectivity index (χ4v) is 3.55. The van der Waals surface area contributed by atoms with Gasteiger partial charge in [-0.05, 0) is 44.0 Å². The largest absolute Gasteiger partial charge is 0.386 e. The number of likely N-dealkylation sites (tertiary alicyclic amines) is 1. The Morgan fingerprint density at radius 2 is 2.24 bits per heavy atom. The summed E-state index contributed by atoms with van der Waals surface area (Å²) in [6.07, 6.45) is 3.83. The lowest BCUT2D eigenvalue weighted by atomic mass is 10.0. The summed E-state index contributed by atoms with van der Waals surface area (Å²) in [5.41, 5.74) is 3.00. The molecule has 7 nitrogen and oxygen atoms in total. The normalized spacial score (nSPS) is 20.5. The number of H-pyrrole nitrogens is 1. The van der Waals surface area contributed by atoms with Gasteiger partial charge in [0.2, 0.25) is 0 Å². The molecule has 25 heavy (non-hydrogen) atoms. The average molecular weight is 339 g/mol. The van der Waals surface area contributed by atoms with Crippen molar-refractivity contribution in [2.75, 3.05) is 13.1 Å². The Morgan fingerprint density at radius 3 is 3.00 bits per heavy atom. The van der Waals surface area contributed by atoms with Crippen LogP contribution in [0, 0.1) is 13.8 Å². The molecule has 7 heteroatoms. The van der Waals surface area contributed by atoms with Gasteiger partial charge in [0.15, 0.2) is 0 Å². The van der Waals surface area contributed by atoms with Crippen molar-refractivity contribution < 1.29 is 9.90 Å². The van der Waals surface area contributed by atoms with Crippen molar-refractivity contribution in [1.82, 2.24) is 24.9 Å². The quantitative estimate of drug-likeness (QED) is 0.760. The second kappa shape index (κ2) is 5.70. The molecule has 0 saturated carbocycles. The van der Waals surface area contributed by atoms with E-state index in [0.29, 0.717) is 31.6 Å². The van der Waals surface area contributed by atoms with Crippen LogP contribution in [-0.4, -0.2) is 54.6 Å². The SMILES string of the molecule is Cc1[nH]c2ccc(C(=O)N3CCC(O)(Cn4ccnn4)C3)cc2c1C. The topological polar surface area (TPSA) is 87.0 Å². The summed E-state index contributed by atoms with van der Waals surface area (Å²) < 4.78 is 1.60. The molecule has 1 fully saturated rings. The summed E-state index contributed by atoms with van der Waals surface area (Å²) in [5.74, 6) is -0.0466. The molecule has 3 heterocycles. The zero-order valence-corrected chi connectivity index (χ0v) is 14.4. The lowest BCUT2D eigenvalue weighted by Gasteiger charge is -2.23. The van der Waals surface area contributed by atoms with Crippen LogP contribution in [0.1, 0.15) is 28.0 Å². The number of aromatic amines is 1. The molecule has 0 spiro atoms. The second-order valence-corrected chi connectivity index (χ2v) is 6.94. The third kappa shape index (κ3) is 2.80. The lowest BCUT2D eigenvalue weighted by Crippen LogP contribution is -2.39. The Kier molecular flexibility index (Phi) is 3.61. The molecule has 1 amide bonds. The van der Waals surface area contributed by atoms with Gasteiger partial charge in [0.25, 0.3) is 5.91 Å². The number of nitrogens with zero attached hydrogens (tertiary/aromatic N) is 4. The molecule has 1 aliphatic rings. The first-order chi connectivity index (χ1) is 12.0. The van der Waals surface area contributed by atoms with E-state index in [2.05, 4.69) is 22.2 Å². The Bertz CT molecular complexity index is 930. The number of hydrogen-bond acceptors (Lipinski definition) is 4. The Morgan fingerprint density at radius 1 is 1.40 bits per heavy atom. The number of hydrogen-bond donors (Lipinski definition) is 2. The van der Waals surface area contributed by atoms with Gasteiger partial charge in [0.1, 0.15) is 5.60 Å². The highest BCUT2D eigenvalue weighted by Gasteiger charge is 2.39. The maximum absolute atomic E-state index is 12.9. The zero-order chi connectivity index (χ0) is 17.6. The lowest BCUT2D eigenvalue weighted by molar-refractivity contribution is 0.0267. The van der Waals surface area contributed by atoms with E-state index < -0.39 is 5.60 Å². The first-order valence-corrected chi connectivity index (χ1v) is 8.40. The van der Waals surface area contributed by atoms with Gasteiger partial charge < -0.3 is 15.0 Å². The molecule has 1 aromatic carbocycles. The number of nitrogens with one attached hydrogen (secondary N) is 1. The van der Waals surface area contributed by atoms with E-state index in [9.17, 15) is 9.90 Å². The third-order valence-corrected chi connectivity index (χ3v) is 5.10. The molecule has 0 radical (unpaired) electrons.